The Kier molecular flexibility index (Phi) is 5.68. The van der Waals surface area contributed by atoms with E-state index in [0.29, 0.717) is 5.70 Å². The number of hydrogen-bond donors (Lipinski definition) is 2. The van der Waals surface area contributed by atoms with E-state index in [1.807, 2.05) is 30.3 Å². The zero-order chi connectivity index (χ0) is 17.5. The molecule has 124 valence electrons. The number of benzene rings is 2. The molecule has 0 heterocycles. The average molecular weight is 327 g/mol. The maximum absolute atomic E-state index is 13.1. The predicted octanol–water partition coefficient (Wildman–Crippen LogP) is 2.63. The predicted molar refractivity (Wildman–Crippen MR) is 90.6 cm³/mol. The van der Waals surface area contributed by atoms with Crippen molar-refractivity contribution < 1.29 is 14.0 Å². The summed E-state index contributed by atoms with van der Waals surface area (Å²) in [6.07, 6.45) is 1.36. The number of rotatable bonds is 5. The summed E-state index contributed by atoms with van der Waals surface area (Å²) in [6, 6.07) is 14.5. The minimum Gasteiger partial charge on any atom is -0.312 e. The number of nitrogens with zero attached hydrogens (tertiary/aromatic N) is 1. The molecule has 0 atom stereocenters. The molecular formula is C18H18FN3O2. The van der Waals surface area contributed by atoms with Gasteiger partial charge in [-0.3, -0.25) is 15.0 Å². The first kappa shape index (κ1) is 17.2. The summed E-state index contributed by atoms with van der Waals surface area (Å²) >= 11 is 0. The zero-order valence-electron chi connectivity index (χ0n) is 13.4. The molecule has 0 saturated heterocycles. The van der Waals surface area contributed by atoms with Crippen LogP contribution in [-0.2, 0) is 4.79 Å². The molecule has 0 aliphatic rings. The lowest BCUT2D eigenvalue weighted by Crippen LogP contribution is -2.37. The van der Waals surface area contributed by atoms with Gasteiger partial charge < -0.3 is 10.3 Å². The molecular weight excluding hydrogens is 309 g/mol. The van der Waals surface area contributed by atoms with Gasteiger partial charge in [0.15, 0.2) is 0 Å². The smallest absolute Gasteiger partial charge is 0.269 e. The fourth-order valence-corrected chi connectivity index (χ4v) is 1.95. The van der Waals surface area contributed by atoms with Crippen LogP contribution in [0.1, 0.15) is 17.3 Å². The Balaban J connectivity index is 1.94. The summed E-state index contributed by atoms with van der Waals surface area (Å²) in [5.74, 6) is -1.23. The summed E-state index contributed by atoms with van der Waals surface area (Å²) in [5.41, 5.74) is 6.44. The third-order valence-electron chi connectivity index (χ3n) is 3.27. The number of nitrogens with one attached hydrogen (secondary N) is 2. The number of halogens is 1. The van der Waals surface area contributed by atoms with Crippen molar-refractivity contribution in [1.29, 1.82) is 0 Å². The highest BCUT2D eigenvalue weighted by Gasteiger charge is 2.09. The van der Waals surface area contributed by atoms with Crippen LogP contribution < -0.4 is 15.8 Å². The number of para-hydroxylation sites is 1. The molecule has 0 spiro atoms. The molecule has 0 aliphatic heterocycles. The van der Waals surface area contributed by atoms with Gasteiger partial charge in [-0.1, -0.05) is 24.3 Å². The summed E-state index contributed by atoms with van der Waals surface area (Å²) in [4.78, 5) is 25.5. The number of amides is 2. The SMILES string of the molecule is CC(=CC(=O)N(C)c1ccccc1)NNC(=O)c1cccc(F)c1. The fraction of sp³-hybridized carbons (Fsp3) is 0.111. The number of likely N-dealkylation sites (N-methyl/N-ethyl adjacent to an activating group) is 1. The highest BCUT2D eigenvalue weighted by Crippen LogP contribution is 2.11. The monoisotopic (exact) mass is 327 g/mol. The molecule has 0 aromatic heterocycles. The average Bonchev–Trinajstić information content (AvgIpc) is 2.59. The van der Waals surface area contributed by atoms with Crippen molar-refractivity contribution in [3.63, 3.8) is 0 Å². The van der Waals surface area contributed by atoms with Gasteiger partial charge in [0.1, 0.15) is 5.82 Å². The van der Waals surface area contributed by atoms with Crippen molar-refractivity contribution >= 4 is 17.5 Å². The van der Waals surface area contributed by atoms with Crippen LogP contribution in [0.15, 0.2) is 66.4 Å². The van der Waals surface area contributed by atoms with E-state index in [1.54, 1.807) is 14.0 Å². The molecule has 24 heavy (non-hydrogen) atoms. The molecule has 0 unspecified atom stereocenters. The van der Waals surface area contributed by atoms with E-state index in [0.717, 1.165) is 11.8 Å². The van der Waals surface area contributed by atoms with Crippen LogP contribution in [0.2, 0.25) is 0 Å². The van der Waals surface area contributed by atoms with Crippen molar-refractivity contribution in [2.45, 2.75) is 6.92 Å². The summed E-state index contributed by atoms with van der Waals surface area (Å²) in [5, 5.41) is 0. The number of hydrogen-bond acceptors (Lipinski definition) is 3. The standard InChI is InChI=1S/C18H18FN3O2/c1-13(11-17(23)22(2)16-9-4-3-5-10-16)20-21-18(24)14-7-6-8-15(19)12-14/h3-12,20H,1-2H3,(H,21,24). The molecule has 2 aromatic carbocycles. The summed E-state index contributed by atoms with van der Waals surface area (Å²) in [7, 11) is 1.66. The van der Waals surface area contributed by atoms with Crippen LogP contribution >= 0.6 is 0 Å². The third-order valence-corrected chi connectivity index (χ3v) is 3.27. The molecule has 2 aromatic rings. The number of carbonyl (C=O) groups excluding carboxylic acids is 2. The van der Waals surface area contributed by atoms with Gasteiger partial charge in [-0.25, -0.2) is 4.39 Å². The van der Waals surface area contributed by atoms with Gasteiger partial charge >= 0.3 is 0 Å². The Hall–Kier alpha value is -3.15. The molecule has 0 bridgehead atoms. The first-order chi connectivity index (χ1) is 11.5. The molecule has 2 N–H and O–H groups in total. The fourth-order valence-electron chi connectivity index (χ4n) is 1.95. The van der Waals surface area contributed by atoms with Gasteiger partial charge in [0.25, 0.3) is 11.8 Å². The number of anilines is 1. The van der Waals surface area contributed by atoms with E-state index in [1.165, 1.54) is 29.2 Å². The van der Waals surface area contributed by atoms with Gasteiger partial charge in [-0.15, -0.1) is 0 Å². The Morgan fingerprint density at radius 2 is 1.75 bits per heavy atom. The largest absolute Gasteiger partial charge is 0.312 e. The molecule has 0 radical (unpaired) electrons. The van der Waals surface area contributed by atoms with Gasteiger partial charge in [0.05, 0.1) is 0 Å². The number of carbonyl (C=O) groups is 2. The molecule has 2 amide bonds. The lowest BCUT2D eigenvalue weighted by molar-refractivity contribution is -0.114. The van der Waals surface area contributed by atoms with Crippen molar-refractivity contribution in [1.82, 2.24) is 10.9 Å². The normalized spacial score (nSPS) is 10.9. The van der Waals surface area contributed by atoms with Crippen LogP contribution in [0.3, 0.4) is 0 Å². The van der Waals surface area contributed by atoms with E-state index in [-0.39, 0.29) is 11.5 Å². The van der Waals surface area contributed by atoms with Crippen LogP contribution in [0.4, 0.5) is 10.1 Å². The van der Waals surface area contributed by atoms with Crippen LogP contribution in [0.5, 0.6) is 0 Å². The zero-order valence-corrected chi connectivity index (χ0v) is 13.4. The lowest BCUT2D eigenvalue weighted by Gasteiger charge is -2.16. The van der Waals surface area contributed by atoms with Crippen LogP contribution in [0.25, 0.3) is 0 Å². The quantitative estimate of drug-likeness (QED) is 0.655. The van der Waals surface area contributed by atoms with Gasteiger partial charge in [-0.05, 0) is 37.3 Å². The van der Waals surface area contributed by atoms with Crippen molar-refractivity contribution in [2.24, 2.45) is 0 Å². The maximum Gasteiger partial charge on any atom is 0.269 e. The number of allylic oxidation sites excluding steroid dienone is 1. The second kappa shape index (κ2) is 7.92. The third kappa shape index (κ3) is 4.67. The van der Waals surface area contributed by atoms with Crippen molar-refractivity contribution in [3.8, 4) is 0 Å². The van der Waals surface area contributed by atoms with E-state index < -0.39 is 11.7 Å². The minimum absolute atomic E-state index is 0.183. The topological polar surface area (TPSA) is 61.4 Å². The van der Waals surface area contributed by atoms with E-state index in [2.05, 4.69) is 10.9 Å². The van der Waals surface area contributed by atoms with Crippen molar-refractivity contribution in [3.05, 3.63) is 77.8 Å². The van der Waals surface area contributed by atoms with Gasteiger partial charge in [-0.2, -0.15) is 0 Å². The second-order valence-electron chi connectivity index (χ2n) is 5.15. The number of hydrazine groups is 1. The molecule has 5 nitrogen and oxygen atoms in total. The highest BCUT2D eigenvalue weighted by molar-refractivity contribution is 6.01. The summed E-state index contributed by atoms with van der Waals surface area (Å²) < 4.78 is 13.1. The minimum atomic E-state index is -0.494. The van der Waals surface area contributed by atoms with Gasteiger partial charge in [0, 0.05) is 30.1 Å². The first-order valence-electron chi connectivity index (χ1n) is 7.30. The Labute approximate surface area is 139 Å². The Bertz CT molecular complexity index is 760. The van der Waals surface area contributed by atoms with Gasteiger partial charge in [0.2, 0.25) is 0 Å². The highest BCUT2D eigenvalue weighted by atomic mass is 19.1. The van der Waals surface area contributed by atoms with Crippen molar-refractivity contribution in [2.75, 3.05) is 11.9 Å². The second-order valence-corrected chi connectivity index (χ2v) is 5.15. The van der Waals surface area contributed by atoms with E-state index in [4.69, 9.17) is 0 Å². The molecule has 0 aliphatic carbocycles. The molecule has 0 saturated carbocycles. The van der Waals surface area contributed by atoms with Crippen LogP contribution in [-0.4, -0.2) is 18.9 Å². The molecule has 2 rings (SSSR count). The van der Waals surface area contributed by atoms with E-state index >= 15 is 0 Å². The van der Waals surface area contributed by atoms with E-state index in [9.17, 15) is 14.0 Å². The molecule has 0 fully saturated rings. The van der Waals surface area contributed by atoms with Crippen LogP contribution in [0, 0.1) is 5.82 Å². The summed E-state index contributed by atoms with van der Waals surface area (Å²) in [6.45, 7) is 1.64. The first-order valence-corrected chi connectivity index (χ1v) is 7.30. The lowest BCUT2D eigenvalue weighted by atomic mass is 10.2. The Morgan fingerprint density at radius 3 is 2.42 bits per heavy atom. The maximum atomic E-state index is 13.1. The molecule has 6 heteroatoms. The Morgan fingerprint density at radius 1 is 1.04 bits per heavy atom.